The Morgan fingerprint density at radius 2 is 2.42 bits per heavy atom. The van der Waals surface area contributed by atoms with Crippen molar-refractivity contribution in [3.05, 3.63) is 36.9 Å². The van der Waals surface area contributed by atoms with Crippen molar-refractivity contribution in [3.63, 3.8) is 0 Å². The maximum atomic E-state index is 11.7. The van der Waals surface area contributed by atoms with Crippen LogP contribution in [0.4, 0.5) is 5.69 Å². The van der Waals surface area contributed by atoms with Gasteiger partial charge in [0.25, 0.3) is 0 Å². The largest absolute Gasteiger partial charge is 0.444 e. The van der Waals surface area contributed by atoms with E-state index in [1.165, 1.54) is 6.39 Å². The van der Waals surface area contributed by atoms with E-state index >= 15 is 0 Å². The van der Waals surface area contributed by atoms with Gasteiger partial charge in [0.2, 0.25) is 5.91 Å². The summed E-state index contributed by atoms with van der Waals surface area (Å²) in [6, 6.07) is 6.50. The SMILES string of the molecule is C#CCC(N)C(=O)Nc1cccc(-c2cnco2)c1. The molecule has 0 radical (unpaired) electrons. The van der Waals surface area contributed by atoms with Crippen molar-refractivity contribution in [2.45, 2.75) is 12.5 Å². The van der Waals surface area contributed by atoms with Crippen LogP contribution in [0.2, 0.25) is 0 Å². The van der Waals surface area contributed by atoms with Crippen LogP contribution in [0.5, 0.6) is 0 Å². The Kier molecular flexibility index (Phi) is 3.96. The van der Waals surface area contributed by atoms with Crippen LogP contribution in [0, 0.1) is 12.3 Å². The van der Waals surface area contributed by atoms with Gasteiger partial charge in [-0.05, 0) is 12.1 Å². The van der Waals surface area contributed by atoms with E-state index in [9.17, 15) is 4.79 Å². The summed E-state index contributed by atoms with van der Waals surface area (Å²) in [5, 5.41) is 2.71. The summed E-state index contributed by atoms with van der Waals surface area (Å²) >= 11 is 0. The van der Waals surface area contributed by atoms with E-state index in [1.807, 2.05) is 6.07 Å². The van der Waals surface area contributed by atoms with E-state index in [-0.39, 0.29) is 12.3 Å². The summed E-state index contributed by atoms with van der Waals surface area (Å²) in [5.74, 6) is 2.68. The molecule has 5 heteroatoms. The molecule has 1 unspecified atom stereocenters. The molecule has 5 nitrogen and oxygen atoms in total. The van der Waals surface area contributed by atoms with Gasteiger partial charge in [0.15, 0.2) is 12.2 Å². The van der Waals surface area contributed by atoms with Crippen LogP contribution in [0.25, 0.3) is 11.3 Å². The second-order valence-electron chi connectivity index (χ2n) is 3.95. The molecule has 2 rings (SSSR count). The molecular formula is C14H13N3O2. The van der Waals surface area contributed by atoms with Crippen molar-refractivity contribution in [2.75, 3.05) is 5.32 Å². The number of nitrogens with two attached hydrogens (primary N) is 1. The number of amides is 1. The molecule has 0 bridgehead atoms. The number of anilines is 1. The fourth-order valence-electron chi connectivity index (χ4n) is 1.56. The number of carbonyl (C=O) groups is 1. The molecule has 1 aromatic carbocycles. The van der Waals surface area contributed by atoms with Crippen molar-refractivity contribution in [1.29, 1.82) is 0 Å². The smallest absolute Gasteiger partial charge is 0.242 e. The molecule has 19 heavy (non-hydrogen) atoms. The molecule has 0 aliphatic carbocycles. The first-order valence-corrected chi connectivity index (χ1v) is 5.69. The number of hydrogen-bond acceptors (Lipinski definition) is 4. The van der Waals surface area contributed by atoms with Crippen LogP contribution in [-0.4, -0.2) is 16.9 Å². The Bertz CT molecular complexity index is 599. The van der Waals surface area contributed by atoms with E-state index < -0.39 is 6.04 Å². The van der Waals surface area contributed by atoms with E-state index in [4.69, 9.17) is 16.6 Å². The molecule has 1 atom stereocenters. The second kappa shape index (κ2) is 5.85. The normalized spacial score (nSPS) is 11.6. The highest BCUT2D eigenvalue weighted by molar-refractivity contribution is 5.95. The molecule has 96 valence electrons. The number of rotatable bonds is 4. The third kappa shape index (κ3) is 3.21. The molecule has 1 heterocycles. The molecule has 3 N–H and O–H groups in total. The monoisotopic (exact) mass is 255 g/mol. The standard InChI is InChI=1S/C14H13N3O2/c1-2-4-12(15)14(18)17-11-6-3-5-10(7-11)13-8-16-9-19-13/h1,3,5-9,12H,4,15H2,(H,17,18). The van der Waals surface area contributed by atoms with Crippen molar-refractivity contribution in [1.82, 2.24) is 4.98 Å². The van der Waals surface area contributed by atoms with E-state index in [1.54, 1.807) is 24.4 Å². The van der Waals surface area contributed by atoms with Gasteiger partial charge in [0.05, 0.1) is 12.2 Å². The van der Waals surface area contributed by atoms with Gasteiger partial charge in [-0.15, -0.1) is 12.3 Å². The van der Waals surface area contributed by atoms with Crippen LogP contribution < -0.4 is 11.1 Å². The van der Waals surface area contributed by atoms with Crippen LogP contribution in [0.3, 0.4) is 0 Å². The van der Waals surface area contributed by atoms with Gasteiger partial charge in [-0.25, -0.2) is 4.98 Å². The van der Waals surface area contributed by atoms with Gasteiger partial charge in [-0.3, -0.25) is 4.79 Å². The number of oxazole rings is 1. The summed E-state index contributed by atoms with van der Waals surface area (Å²) in [6.07, 6.45) is 8.27. The summed E-state index contributed by atoms with van der Waals surface area (Å²) in [4.78, 5) is 15.6. The lowest BCUT2D eigenvalue weighted by molar-refractivity contribution is -0.117. The number of carbonyl (C=O) groups excluding carboxylic acids is 1. The number of terminal acetylenes is 1. The minimum atomic E-state index is -0.709. The van der Waals surface area contributed by atoms with Crippen molar-refractivity contribution in [2.24, 2.45) is 5.73 Å². The Balaban J connectivity index is 2.12. The van der Waals surface area contributed by atoms with Crippen molar-refractivity contribution >= 4 is 11.6 Å². The zero-order valence-electron chi connectivity index (χ0n) is 10.2. The van der Waals surface area contributed by atoms with Crippen LogP contribution >= 0.6 is 0 Å². The van der Waals surface area contributed by atoms with Gasteiger partial charge < -0.3 is 15.5 Å². The highest BCUT2D eigenvalue weighted by Crippen LogP contribution is 2.22. The van der Waals surface area contributed by atoms with Gasteiger partial charge in [-0.1, -0.05) is 12.1 Å². The number of aromatic nitrogens is 1. The predicted octanol–water partition coefficient (Wildman–Crippen LogP) is 1.63. The highest BCUT2D eigenvalue weighted by atomic mass is 16.3. The molecular weight excluding hydrogens is 242 g/mol. The minimum absolute atomic E-state index is 0.202. The van der Waals surface area contributed by atoms with E-state index in [0.29, 0.717) is 11.4 Å². The van der Waals surface area contributed by atoms with Crippen molar-refractivity contribution < 1.29 is 9.21 Å². The first-order valence-electron chi connectivity index (χ1n) is 5.69. The zero-order chi connectivity index (χ0) is 13.7. The lowest BCUT2D eigenvalue weighted by Crippen LogP contribution is -2.35. The first-order chi connectivity index (χ1) is 9.20. The Labute approximate surface area is 110 Å². The molecule has 0 spiro atoms. The summed E-state index contributed by atoms with van der Waals surface area (Å²) < 4.78 is 5.19. The minimum Gasteiger partial charge on any atom is -0.444 e. The molecule has 1 aromatic heterocycles. The first kappa shape index (κ1) is 12.9. The average Bonchev–Trinajstić information content (AvgIpc) is 2.93. The third-order valence-electron chi connectivity index (χ3n) is 2.52. The van der Waals surface area contributed by atoms with E-state index in [2.05, 4.69) is 16.2 Å². The van der Waals surface area contributed by atoms with Gasteiger partial charge in [-0.2, -0.15) is 0 Å². The molecule has 0 aliphatic rings. The van der Waals surface area contributed by atoms with Crippen LogP contribution in [0.1, 0.15) is 6.42 Å². The van der Waals surface area contributed by atoms with Crippen LogP contribution in [-0.2, 0) is 4.79 Å². The Hall–Kier alpha value is -2.58. The Morgan fingerprint density at radius 3 is 3.11 bits per heavy atom. The highest BCUT2D eigenvalue weighted by Gasteiger charge is 2.12. The van der Waals surface area contributed by atoms with Gasteiger partial charge in [0.1, 0.15) is 0 Å². The fourth-order valence-corrected chi connectivity index (χ4v) is 1.56. The molecule has 0 saturated carbocycles. The number of nitrogens with zero attached hydrogens (tertiary/aromatic N) is 1. The number of benzene rings is 1. The molecule has 0 aliphatic heterocycles. The molecule has 1 amide bonds. The summed E-state index contributed by atoms with van der Waals surface area (Å²) in [6.45, 7) is 0. The lowest BCUT2D eigenvalue weighted by atomic mass is 10.1. The topological polar surface area (TPSA) is 81.2 Å². The van der Waals surface area contributed by atoms with Gasteiger partial charge in [0, 0.05) is 17.7 Å². The Morgan fingerprint density at radius 1 is 1.58 bits per heavy atom. The van der Waals surface area contributed by atoms with Gasteiger partial charge >= 0.3 is 0 Å². The quantitative estimate of drug-likeness (QED) is 0.814. The van der Waals surface area contributed by atoms with Crippen molar-refractivity contribution in [3.8, 4) is 23.7 Å². The maximum absolute atomic E-state index is 11.7. The number of hydrogen-bond donors (Lipinski definition) is 2. The predicted molar refractivity (Wildman–Crippen MR) is 72.0 cm³/mol. The second-order valence-corrected chi connectivity index (χ2v) is 3.95. The molecule has 2 aromatic rings. The third-order valence-corrected chi connectivity index (χ3v) is 2.52. The lowest BCUT2D eigenvalue weighted by Gasteiger charge is -2.10. The van der Waals surface area contributed by atoms with E-state index in [0.717, 1.165) is 5.56 Å². The number of nitrogens with one attached hydrogen (secondary N) is 1. The summed E-state index contributed by atoms with van der Waals surface area (Å²) in [7, 11) is 0. The van der Waals surface area contributed by atoms with Crippen LogP contribution in [0.15, 0.2) is 41.3 Å². The average molecular weight is 255 g/mol. The fraction of sp³-hybridized carbons (Fsp3) is 0.143. The maximum Gasteiger partial charge on any atom is 0.242 e. The molecule has 0 saturated heterocycles. The zero-order valence-corrected chi connectivity index (χ0v) is 10.2. The summed E-state index contributed by atoms with van der Waals surface area (Å²) in [5.41, 5.74) is 7.08. The molecule has 0 fully saturated rings.